The van der Waals surface area contributed by atoms with Crippen molar-refractivity contribution < 1.29 is 9.59 Å². The molecule has 4 aliphatic rings. The molecule has 3 fully saturated rings. The number of fused-ring (bicyclic) bond motifs is 4. The molecule has 0 aromatic heterocycles. The van der Waals surface area contributed by atoms with Crippen molar-refractivity contribution in [3.63, 3.8) is 0 Å². The maximum Gasteiger partial charge on any atom is 0.230 e. The molecule has 2 saturated heterocycles. The molecule has 4 atom stereocenters. The third kappa shape index (κ3) is 2.46. The Morgan fingerprint density at radius 1 is 0.909 bits per heavy atom. The summed E-state index contributed by atoms with van der Waals surface area (Å²) in [6.07, 6.45) is 8.76. The molecule has 0 aromatic rings. The topological polar surface area (TPSA) is 40.6 Å². The molecular weight excluding hydrogens is 276 g/mol. The maximum atomic E-state index is 11.5. The Morgan fingerprint density at radius 3 is 1.95 bits per heavy atom. The first-order valence-electron chi connectivity index (χ1n) is 8.72. The quantitative estimate of drug-likeness (QED) is 0.736. The Bertz CT molecular complexity index is 497. The molecule has 1 saturated carbocycles. The van der Waals surface area contributed by atoms with E-state index in [1.165, 1.54) is 6.42 Å². The van der Waals surface area contributed by atoms with Gasteiger partial charge in [0.15, 0.2) is 0 Å². The summed E-state index contributed by atoms with van der Waals surface area (Å²) >= 11 is 0. The molecule has 2 aliphatic carbocycles. The largest absolute Gasteiger partial charge is 0.337 e. The molecule has 0 N–H and O–H groups in total. The summed E-state index contributed by atoms with van der Waals surface area (Å²) in [6.45, 7) is 8.37. The fourth-order valence-electron chi connectivity index (χ4n) is 4.56. The second kappa shape index (κ2) is 5.71. The van der Waals surface area contributed by atoms with E-state index in [1.807, 2.05) is 11.0 Å². The SMILES string of the molecule is CC(C)N1C(=O)C2C=CC1C2.CC(C)N1C(=O)C2CCC1C2. The first kappa shape index (κ1) is 15.6. The van der Waals surface area contributed by atoms with Gasteiger partial charge in [0.2, 0.25) is 11.8 Å². The van der Waals surface area contributed by atoms with Crippen LogP contribution in [0.25, 0.3) is 0 Å². The Hall–Kier alpha value is -1.32. The number of likely N-dealkylation sites (tertiary alicyclic amines) is 2. The predicted molar refractivity (Wildman–Crippen MR) is 86.1 cm³/mol. The summed E-state index contributed by atoms with van der Waals surface area (Å²) in [5.74, 6) is 1.34. The molecule has 0 aromatic carbocycles. The van der Waals surface area contributed by atoms with Gasteiger partial charge in [0.1, 0.15) is 0 Å². The number of rotatable bonds is 2. The predicted octanol–water partition coefficient (Wildman–Crippen LogP) is 2.59. The molecular formula is C18H28N2O2. The molecule has 2 amide bonds. The van der Waals surface area contributed by atoms with E-state index in [2.05, 4.69) is 38.7 Å². The lowest BCUT2D eigenvalue weighted by molar-refractivity contribution is -0.136. The number of carbonyl (C=O) groups excluding carboxylic acids is 2. The van der Waals surface area contributed by atoms with Gasteiger partial charge in [-0.1, -0.05) is 12.2 Å². The van der Waals surface area contributed by atoms with Crippen LogP contribution in [-0.4, -0.2) is 45.8 Å². The third-order valence-electron chi connectivity index (χ3n) is 5.50. The first-order valence-corrected chi connectivity index (χ1v) is 8.72. The highest BCUT2D eigenvalue weighted by atomic mass is 16.2. The molecule has 0 spiro atoms. The van der Waals surface area contributed by atoms with Crippen LogP contribution in [0, 0.1) is 11.8 Å². The van der Waals surface area contributed by atoms with Gasteiger partial charge >= 0.3 is 0 Å². The summed E-state index contributed by atoms with van der Waals surface area (Å²) in [6, 6.07) is 1.78. The van der Waals surface area contributed by atoms with E-state index in [9.17, 15) is 9.59 Å². The Kier molecular flexibility index (Phi) is 4.04. The molecule has 4 nitrogen and oxygen atoms in total. The van der Waals surface area contributed by atoms with E-state index >= 15 is 0 Å². The van der Waals surface area contributed by atoms with Crippen molar-refractivity contribution in [2.24, 2.45) is 11.8 Å². The number of amides is 2. The highest BCUT2D eigenvalue weighted by molar-refractivity contribution is 5.85. The first-order chi connectivity index (χ1) is 10.4. The van der Waals surface area contributed by atoms with Gasteiger partial charge in [-0.25, -0.2) is 0 Å². The van der Waals surface area contributed by atoms with Crippen LogP contribution in [0.15, 0.2) is 12.2 Å². The van der Waals surface area contributed by atoms with Crippen LogP contribution >= 0.6 is 0 Å². The standard InChI is InChI=1S/C9H15NO.C9H13NO/c2*1-6(2)10-8-4-3-7(5-8)9(10)11/h6-8H,3-5H2,1-2H3;3-4,6-8H,5H2,1-2H3. The average molecular weight is 304 g/mol. The number of hydrogen-bond donors (Lipinski definition) is 0. The second-order valence-corrected chi connectivity index (χ2v) is 7.64. The van der Waals surface area contributed by atoms with Crippen LogP contribution < -0.4 is 0 Å². The molecule has 0 radical (unpaired) electrons. The zero-order chi connectivity index (χ0) is 16.0. The van der Waals surface area contributed by atoms with Gasteiger partial charge in [0, 0.05) is 24.0 Å². The molecule has 2 heterocycles. The van der Waals surface area contributed by atoms with E-state index in [4.69, 9.17) is 0 Å². The highest BCUT2D eigenvalue weighted by Crippen LogP contribution is 2.39. The van der Waals surface area contributed by atoms with E-state index < -0.39 is 0 Å². The maximum absolute atomic E-state index is 11.5. The minimum atomic E-state index is 0.211. The molecule has 4 rings (SSSR count). The van der Waals surface area contributed by atoms with Crippen LogP contribution in [0.3, 0.4) is 0 Å². The van der Waals surface area contributed by atoms with Gasteiger partial charge in [-0.15, -0.1) is 0 Å². The van der Waals surface area contributed by atoms with Crippen molar-refractivity contribution in [3.05, 3.63) is 12.2 Å². The summed E-state index contributed by atoms with van der Waals surface area (Å²) in [4.78, 5) is 27.1. The van der Waals surface area contributed by atoms with Gasteiger partial charge in [0.05, 0.1) is 12.0 Å². The fraction of sp³-hybridized carbons (Fsp3) is 0.778. The smallest absolute Gasteiger partial charge is 0.230 e. The van der Waals surface area contributed by atoms with Gasteiger partial charge in [0.25, 0.3) is 0 Å². The van der Waals surface area contributed by atoms with Crippen molar-refractivity contribution in [2.45, 2.75) is 77.5 Å². The Balaban J connectivity index is 0.000000131. The van der Waals surface area contributed by atoms with Gasteiger partial charge in [-0.2, -0.15) is 0 Å². The van der Waals surface area contributed by atoms with Gasteiger partial charge < -0.3 is 9.80 Å². The van der Waals surface area contributed by atoms with Crippen molar-refractivity contribution in [1.29, 1.82) is 0 Å². The number of nitrogens with zero attached hydrogens (tertiary/aromatic N) is 2. The van der Waals surface area contributed by atoms with E-state index in [-0.39, 0.29) is 5.92 Å². The molecule has 22 heavy (non-hydrogen) atoms. The zero-order valence-corrected chi connectivity index (χ0v) is 14.2. The van der Waals surface area contributed by atoms with E-state index in [1.54, 1.807) is 0 Å². The minimum absolute atomic E-state index is 0.211. The molecule has 4 bridgehead atoms. The monoisotopic (exact) mass is 304 g/mol. The Morgan fingerprint density at radius 2 is 1.59 bits per heavy atom. The second-order valence-electron chi connectivity index (χ2n) is 7.64. The minimum Gasteiger partial charge on any atom is -0.337 e. The van der Waals surface area contributed by atoms with Crippen molar-refractivity contribution in [2.75, 3.05) is 0 Å². The molecule has 4 heteroatoms. The summed E-state index contributed by atoms with van der Waals surface area (Å²) in [5.41, 5.74) is 0. The van der Waals surface area contributed by atoms with E-state index in [0.29, 0.717) is 41.9 Å². The van der Waals surface area contributed by atoms with Crippen LogP contribution in [0.4, 0.5) is 0 Å². The lowest BCUT2D eigenvalue weighted by Crippen LogP contribution is -2.41. The normalized spacial score (nSPS) is 35.2. The summed E-state index contributed by atoms with van der Waals surface area (Å²) in [7, 11) is 0. The number of hydrogen-bond acceptors (Lipinski definition) is 2. The zero-order valence-electron chi connectivity index (χ0n) is 14.2. The van der Waals surface area contributed by atoms with Crippen molar-refractivity contribution in [3.8, 4) is 0 Å². The van der Waals surface area contributed by atoms with Crippen molar-refractivity contribution >= 4 is 11.8 Å². The lowest BCUT2D eigenvalue weighted by atomic mass is 10.1. The van der Waals surface area contributed by atoms with Gasteiger partial charge in [-0.3, -0.25) is 9.59 Å². The van der Waals surface area contributed by atoms with Crippen LogP contribution in [0.2, 0.25) is 0 Å². The molecule has 122 valence electrons. The molecule has 2 aliphatic heterocycles. The third-order valence-corrected chi connectivity index (χ3v) is 5.50. The van der Waals surface area contributed by atoms with Crippen molar-refractivity contribution in [1.82, 2.24) is 9.80 Å². The summed E-state index contributed by atoms with van der Waals surface area (Å²) < 4.78 is 0. The fourth-order valence-corrected chi connectivity index (χ4v) is 4.56. The summed E-state index contributed by atoms with van der Waals surface area (Å²) in [5, 5.41) is 0. The van der Waals surface area contributed by atoms with Crippen LogP contribution in [-0.2, 0) is 9.59 Å². The average Bonchev–Trinajstić information content (AvgIpc) is 3.17. The lowest BCUT2D eigenvalue weighted by Gasteiger charge is -2.30. The van der Waals surface area contributed by atoms with E-state index in [0.717, 1.165) is 19.3 Å². The number of carbonyl (C=O) groups is 2. The highest BCUT2D eigenvalue weighted by Gasteiger charge is 2.45. The Labute approximate surface area is 133 Å². The molecule has 4 unspecified atom stereocenters. The van der Waals surface area contributed by atoms with Crippen LogP contribution in [0.5, 0.6) is 0 Å². The number of piperidine rings is 1. The van der Waals surface area contributed by atoms with Gasteiger partial charge in [-0.05, 0) is 53.4 Å². The van der Waals surface area contributed by atoms with Crippen LogP contribution in [0.1, 0.15) is 53.4 Å².